The monoisotopic (exact) mass is 178 g/mol. The van der Waals surface area contributed by atoms with E-state index in [1.165, 1.54) is 0 Å². The highest BCUT2D eigenvalue weighted by Gasteiger charge is 2.20. The van der Waals surface area contributed by atoms with Gasteiger partial charge in [-0.2, -0.15) is 0 Å². The molecule has 0 aromatic heterocycles. The van der Waals surface area contributed by atoms with Gasteiger partial charge in [-0.15, -0.1) is 0 Å². The zero-order valence-corrected chi connectivity index (χ0v) is 6.65. The number of carbonyl (C=O) groups is 1. The largest absolute Gasteiger partial charge is 0.350 e. The maximum atomic E-state index is 11.6. The van der Waals surface area contributed by atoms with Crippen molar-refractivity contribution < 1.29 is 13.6 Å². The van der Waals surface area contributed by atoms with Crippen molar-refractivity contribution >= 4 is 5.91 Å². The summed E-state index contributed by atoms with van der Waals surface area (Å²) >= 11 is 0. The first-order valence-corrected chi connectivity index (χ1v) is 3.94. The van der Waals surface area contributed by atoms with Gasteiger partial charge in [0.2, 0.25) is 5.91 Å². The van der Waals surface area contributed by atoms with Crippen LogP contribution in [0.5, 0.6) is 0 Å². The van der Waals surface area contributed by atoms with Gasteiger partial charge in [0, 0.05) is 6.42 Å². The van der Waals surface area contributed by atoms with E-state index in [0.29, 0.717) is 12.3 Å². The van der Waals surface area contributed by atoms with Crippen LogP contribution in [0, 0.1) is 5.92 Å². The molecular formula is C7H12F2N2O. The lowest BCUT2D eigenvalue weighted by atomic mass is 9.99. The average Bonchev–Trinajstić information content (AvgIpc) is 1.93. The van der Waals surface area contributed by atoms with Gasteiger partial charge in [0.25, 0.3) is 6.43 Å². The number of rotatable bonds is 4. The van der Waals surface area contributed by atoms with Crippen LogP contribution in [0.15, 0.2) is 0 Å². The van der Waals surface area contributed by atoms with Gasteiger partial charge >= 0.3 is 0 Å². The first-order chi connectivity index (χ1) is 5.68. The van der Waals surface area contributed by atoms with Gasteiger partial charge in [0.05, 0.1) is 6.54 Å². The summed E-state index contributed by atoms with van der Waals surface area (Å²) in [6, 6.07) is 0. The Bertz CT molecular complexity index is 159. The van der Waals surface area contributed by atoms with Crippen LogP contribution in [-0.4, -0.2) is 32.0 Å². The van der Waals surface area contributed by atoms with Crippen molar-refractivity contribution in [1.29, 1.82) is 0 Å². The summed E-state index contributed by atoms with van der Waals surface area (Å²) in [4.78, 5) is 10.9. The average molecular weight is 178 g/mol. The third-order valence-electron chi connectivity index (χ3n) is 1.79. The maximum Gasteiger partial charge on any atom is 0.255 e. The molecule has 0 unspecified atom stereocenters. The molecule has 12 heavy (non-hydrogen) atoms. The van der Waals surface area contributed by atoms with Gasteiger partial charge in [0.1, 0.15) is 0 Å². The van der Waals surface area contributed by atoms with Gasteiger partial charge < -0.3 is 10.6 Å². The Kier molecular flexibility index (Phi) is 3.40. The molecule has 0 atom stereocenters. The molecule has 0 bridgehead atoms. The first-order valence-electron chi connectivity index (χ1n) is 3.94. The number of alkyl halides is 2. The highest BCUT2D eigenvalue weighted by atomic mass is 19.3. The summed E-state index contributed by atoms with van der Waals surface area (Å²) < 4.78 is 23.2. The number of hydrogen-bond acceptors (Lipinski definition) is 2. The van der Waals surface area contributed by atoms with Crippen LogP contribution in [0.25, 0.3) is 0 Å². The Morgan fingerprint density at radius 2 is 2.25 bits per heavy atom. The molecule has 1 aliphatic heterocycles. The Hall–Kier alpha value is -0.710. The maximum absolute atomic E-state index is 11.6. The molecule has 2 N–H and O–H groups in total. The zero-order chi connectivity index (χ0) is 8.97. The van der Waals surface area contributed by atoms with Crippen LogP contribution >= 0.6 is 0 Å². The minimum Gasteiger partial charge on any atom is -0.350 e. The Labute approximate surface area is 69.5 Å². The fourth-order valence-corrected chi connectivity index (χ4v) is 1.02. The number of hydrogen-bond donors (Lipinski definition) is 2. The van der Waals surface area contributed by atoms with Crippen molar-refractivity contribution in [3.05, 3.63) is 0 Å². The van der Waals surface area contributed by atoms with Crippen molar-refractivity contribution in [3.8, 4) is 0 Å². The lowest BCUT2D eigenvalue weighted by molar-refractivity contribution is -0.123. The summed E-state index contributed by atoms with van der Waals surface area (Å²) in [7, 11) is 0. The second-order valence-electron chi connectivity index (χ2n) is 2.92. The molecule has 1 fully saturated rings. The summed E-state index contributed by atoms with van der Waals surface area (Å²) in [5.41, 5.74) is 0. The Morgan fingerprint density at radius 3 is 2.67 bits per heavy atom. The lowest BCUT2D eigenvalue weighted by Gasteiger charge is -2.26. The first kappa shape index (κ1) is 9.38. The molecule has 0 aromatic rings. The summed E-state index contributed by atoms with van der Waals surface area (Å²) in [6.45, 7) is 1.11. The molecule has 0 saturated carbocycles. The number of nitrogens with one attached hydrogen (secondary N) is 2. The third kappa shape index (κ3) is 3.13. The standard InChI is InChI=1S/C7H12F2N2O/c8-6(9)4-11-7(12)1-5-2-10-3-5/h5-6,10H,1-4H2,(H,11,12). The van der Waals surface area contributed by atoms with Gasteiger partial charge in [-0.05, 0) is 19.0 Å². The van der Waals surface area contributed by atoms with E-state index in [4.69, 9.17) is 0 Å². The molecule has 1 aliphatic rings. The van der Waals surface area contributed by atoms with Crippen molar-refractivity contribution in [2.75, 3.05) is 19.6 Å². The van der Waals surface area contributed by atoms with E-state index < -0.39 is 13.0 Å². The van der Waals surface area contributed by atoms with Crippen LogP contribution in [0.4, 0.5) is 8.78 Å². The second-order valence-corrected chi connectivity index (χ2v) is 2.92. The quantitative estimate of drug-likeness (QED) is 0.635. The fourth-order valence-electron chi connectivity index (χ4n) is 1.02. The molecule has 5 heteroatoms. The molecular weight excluding hydrogens is 166 g/mol. The van der Waals surface area contributed by atoms with Crippen LogP contribution < -0.4 is 10.6 Å². The summed E-state index contributed by atoms with van der Waals surface area (Å²) in [5.74, 6) is 0.0597. The predicted octanol–water partition coefficient (Wildman–Crippen LogP) is -0.0228. The van der Waals surface area contributed by atoms with E-state index in [1.807, 2.05) is 0 Å². The number of amides is 1. The van der Waals surface area contributed by atoms with Gasteiger partial charge in [-0.3, -0.25) is 4.79 Å². The highest BCUT2D eigenvalue weighted by molar-refractivity contribution is 5.76. The molecule has 0 aliphatic carbocycles. The lowest BCUT2D eigenvalue weighted by Crippen LogP contribution is -2.44. The van der Waals surface area contributed by atoms with Crippen molar-refractivity contribution in [2.24, 2.45) is 5.92 Å². The van der Waals surface area contributed by atoms with E-state index in [0.717, 1.165) is 13.1 Å². The molecule has 1 rings (SSSR count). The van der Waals surface area contributed by atoms with Crippen LogP contribution in [-0.2, 0) is 4.79 Å². The van der Waals surface area contributed by atoms with E-state index in [-0.39, 0.29) is 5.91 Å². The van der Waals surface area contributed by atoms with Crippen molar-refractivity contribution in [3.63, 3.8) is 0 Å². The molecule has 70 valence electrons. The molecule has 0 aromatic carbocycles. The van der Waals surface area contributed by atoms with E-state index in [2.05, 4.69) is 10.6 Å². The molecule has 1 heterocycles. The number of halogens is 2. The SMILES string of the molecule is O=C(CC1CNC1)NCC(F)F. The van der Waals surface area contributed by atoms with Crippen LogP contribution in [0.1, 0.15) is 6.42 Å². The molecule has 0 radical (unpaired) electrons. The minimum atomic E-state index is -2.45. The molecule has 1 saturated heterocycles. The molecule has 1 amide bonds. The number of carbonyl (C=O) groups excluding carboxylic acids is 1. The zero-order valence-electron chi connectivity index (χ0n) is 6.65. The minimum absolute atomic E-state index is 0.276. The Morgan fingerprint density at radius 1 is 1.58 bits per heavy atom. The third-order valence-corrected chi connectivity index (χ3v) is 1.79. The molecule has 3 nitrogen and oxygen atoms in total. The highest BCUT2D eigenvalue weighted by Crippen LogP contribution is 2.07. The topological polar surface area (TPSA) is 41.1 Å². The van der Waals surface area contributed by atoms with E-state index >= 15 is 0 Å². The normalized spacial score (nSPS) is 17.6. The summed E-state index contributed by atoms with van der Waals surface area (Å²) in [6.07, 6.45) is -2.09. The van der Waals surface area contributed by atoms with Crippen molar-refractivity contribution in [2.45, 2.75) is 12.8 Å². The van der Waals surface area contributed by atoms with Gasteiger partial charge in [0.15, 0.2) is 0 Å². The van der Waals surface area contributed by atoms with Crippen molar-refractivity contribution in [1.82, 2.24) is 10.6 Å². The fraction of sp³-hybridized carbons (Fsp3) is 0.857. The van der Waals surface area contributed by atoms with Crippen LogP contribution in [0.2, 0.25) is 0 Å². The molecule has 0 spiro atoms. The van der Waals surface area contributed by atoms with E-state index in [1.54, 1.807) is 0 Å². The van der Waals surface area contributed by atoms with Gasteiger partial charge in [-0.25, -0.2) is 8.78 Å². The smallest absolute Gasteiger partial charge is 0.255 e. The van der Waals surface area contributed by atoms with Gasteiger partial charge in [-0.1, -0.05) is 0 Å². The van der Waals surface area contributed by atoms with Crippen LogP contribution in [0.3, 0.4) is 0 Å². The summed E-state index contributed by atoms with van der Waals surface area (Å²) in [5, 5.41) is 5.17. The van der Waals surface area contributed by atoms with E-state index in [9.17, 15) is 13.6 Å². The Balaban J connectivity index is 2.03. The second kappa shape index (κ2) is 4.35. The predicted molar refractivity (Wildman–Crippen MR) is 40.0 cm³/mol.